The van der Waals surface area contributed by atoms with Crippen molar-refractivity contribution in [3.05, 3.63) is 48.6 Å². The first-order valence-electron chi connectivity index (χ1n) is 20.6. The second-order valence-corrected chi connectivity index (χ2v) is 14.0. The van der Waals surface area contributed by atoms with Gasteiger partial charge >= 0.3 is 11.9 Å². The van der Waals surface area contributed by atoms with E-state index in [-0.39, 0.29) is 18.0 Å². The Morgan fingerprint density at radius 2 is 0.959 bits per heavy atom. The average Bonchev–Trinajstić information content (AvgIpc) is 3.08. The Kier molecular flexibility index (Phi) is 37.0. The molecule has 0 spiro atoms. The van der Waals surface area contributed by atoms with Gasteiger partial charge in [-0.25, -0.2) is 0 Å². The highest BCUT2D eigenvalue weighted by Gasteiger charge is 2.16. The van der Waals surface area contributed by atoms with Gasteiger partial charge < -0.3 is 14.4 Å². The Hall–Kier alpha value is -2.14. The van der Waals surface area contributed by atoms with E-state index in [0.29, 0.717) is 32.4 Å². The van der Waals surface area contributed by atoms with Crippen molar-refractivity contribution >= 4 is 11.9 Å². The summed E-state index contributed by atoms with van der Waals surface area (Å²) in [4.78, 5) is 26.7. The predicted molar refractivity (Wildman–Crippen MR) is 212 cm³/mol. The van der Waals surface area contributed by atoms with Crippen LogP contribution in [0.1, 0.15) is 187 Å². The van der Waals surface area contributed by atoms with Crippen molar-refractivity contribution in [2.45, 2.75) is 193 Å². The van der Waals surface area contributed by atoms with Crippen LogP contribution < -0.4 is 0 Å². The minimum absolute atomic E-state index is 0.128. The maximum Gasteiger partial charge on any atom is 0.307 e. The molecule has 0 aliphatic heterocycles. The Morgan fingerprint density at radius 1 is 0.510 bits per heavy atom. The average molecular weight is 686 g/mol. The second kappa shape index (κ2) is 38.7. The van der Waals surface area contributed by atoms with Crippen molar-refractivity contribution in [3.8, 4) is 0 Å². The van der Waals surface area contributed by atoms with E-state index in [1.54, 1.807) is 0 Å². The maximum absolute atomic E-state index is 12.4. The topological polar surface area (TPSA) is 55.8 Å². The summed E-state index contributed by atoms with van der Waals surface area (Å²) in [6, 6.07) is 0. The molecule has 49 heavy (non-hydrogen) atoms. The first-order chi connectivity index (χ1) is 24.0. The number of esters is 2. The van der Waals surface area contributed by atoms with Crippen molar-refractivity contribution in [1.82, 2.24) is 4.90 Å². The van der Waals surface area contributed by atoms with E-state index >= 15 is 0 Å². The molecule has 0 bridgehead atoms. The molecule has 0 saturated heterocycles. The van der Waals surface area contributed by atoms with Gasteiger partial charge in [-0.1, -0.05) is 133 Å². The number of unbranched alkanes of at least 4 members (excludes halogenated alkanes) is 17. The minimum atomic E-state index is -0.177. The molecule has 0 aromatic carbocycles. The van der Waals surface area contributed by atoms with Gasteiger partial charge in [0.25, 0.3) is 0 Å². The van der Waals surface area contributed by atoms with Crippen molar-refractivity contribution in [3.63, 3.8) is 0 Å². The van der Waals surface area contributed by atoms with Crippen LogP contribution in [0.4, 0.5) is 0 Å². The third-order valence-corrected chi connectivity index (χ3v) is 8.82. The fraction of sp³-hybridized carbons (Fsp3) is 0.773. The summed E-state index contributed by atoms with van der Waals surface area (Å²) < 4.78 is 11.4. The molecule has 0 rings (SSSR count). The lowest BCUT2D eigenvalue weighted by Gasteiger charge is -2.19. The molecule has 0 fully saturated rings. The molecule has 0 N–H and O–H groups in total. The fourth-order valence-corrected chi connectivity index (χ4v) is 5.64. The molecule has 0 aromatic heterocycles. The maximum atomic E-state index is 12.4. The monoisotopic (exact) mass is 686 g/mol. The summed E-state index contributed by atoms with van der Waals surface area (Å²) in [6.07, 6.45) is 47.9. The highest BCUT2D eigenvalue weighted by atomic mass is 16.6. The molecular formula is C44H79NO4. The summed E-state index contributed by atoms with van der Waals surface area (Å²) in [5.74, 6) is -0.285. The fourth-order valence-electron chi connectivity index (χ4n) is 5.64. The van der Waals surface area contributed by atoms with E-state index in [4.69, 9.17) is 9.47 Å². The van der Waals surface area contributed by atoms with Crippen LogP contribution in [-0.2, 0) is 19.1 Å². The molecule has 5 nitrogen and oxygen atoms in total. The zero-order chi connectivity index (χ0) is 35.9. The molecular weight excluding hydrogens is 606 g/mol. The van der Waals surface area contributed by atoms with Crippen LogP contribution in [0.2, 0.25) is 0 Å². The van der Waals surface area contributed by atoms with Gasteiger partial charge in [0.15, 0.2) is 0 Å². The molecule has 0 aliphatic carbocycles. The van der Waals surface area contributed by atoms with E-state index in [2.05, 4.69) is 62.5 Å². The summed E-state index contributed by atoms with van der Waals surface area (Å²) in [7, 11) is 3.92. The van der Waals surface area contributed by atoms with E-state index in [9.17, 15) is 9.59 Å². The second-order valence-electron chi connectivity index (χ2n) is 14.0. The molecule has 1 atom stereocenters. The standard InChI is InChI=1S/C44H79NO4/c1-5-7-9-11-13-15-17-19-21-23-24-26-28-30-32-34-36-42(49-44(47)38-40-45(3)4)39-41-48-43(46)37-35-33-31-29-27-25-22-20-18-16-14-12-10-8-6-2/h13-16,19-22,42H,5-12,17-18,23-41H2,1-4H3. The van der Waals surface area contributed by atoms with Crippen LogP contribution in [0.15, 0.2) is 48.6 Å². The molecule has 5 heteroatoms. The number of hydrogen-bond donors (Lipinski definition) is 0. The molecule has 0 amide bonds. The number of allylic oxidation sites excluding steroid dienone is 8. The van der Waals surface area contributed by atoms with E-state index < -0.39 is 0 Å². The molecule has 0 heterocycles. The first kappa shape index (κ1) is 46.9. The summed E-state index contributed by atoms with van der Waals surface area (Å²) in [5.41, 5.74) is 0. The highest BCUT2D eigenvalue weighted by Crippen LogP contribution is 2.15. The summed E-state index contributed by atoms with van der Waals surface area (Å²) in [5, 5.41) is 0. The normalized spacial score (nSPS) is 12.8. The molecule has 0 radical (unpaired) electrons. The summed E-state index contributed by atoms with van der Waals surface area (Å²) in [6.45, 7) is 5.50. The van der Waals surface area contributed by atoms with Crippen LogP contribution in [0.3, 0.4) is 0 Å². The van der Waals surface area contributed by atoms with E-state index in [1.807, 2.05) is 19.0 Å². The first-order valence-corrected chi connectivity index (χ1v) is 20.6. The lowest BCUT2D eigenvalue weighted by atomic mass is 10.0. The Morgan fingerprint density at radius 3 is 1.45 bits per heavy atom. The van der Waals surface area contributed by atoms with Crippen molar-refractivity contribution < 1.29 is 19.1 Å². The van der Waals surface area contributed by atoms with Gasteiger partial charge in [-0.3, -0.25) is 9.59 Å². The SMILES string of the molecule is CCCCCC=CCC=CCCCCCCCCC(CCOC(=O)CCCCCCCC=CCC=CCCCCC)OC(=O)CCN(C)C. The number of ether oxygens (including phenoxy) is 2. The molecule has 0 saturated carbocycles. The third-order valence-electron chi connectivity index (χ3n) is 8.82. The van der Waals surface area contributed by atoms with Crippen LogP contribution >= 0.6 is 0 Å². The zero-order valence-corrected chi connectivity index (χ0v) is 32.8. The Balaban J connectivity index is 4.03. The van der Waals surface area contributed by atoms with Gasteiger partial charge in [-0.2, -0.15) is 0 Å². The van der Waals surface area contributed by atoms with Gasteiger partial charge in [0.2, 0.25) is 0 Å². The van der Waals surface area contributed by atoms with Crippen molar-refractivity contribution in [2.24, 2.45) is 0 Å². The van der Waals surface area contributed by atoms with Crippen molar-refractivity contribution in [1.29, 1.82) is 0 Å². The Labute approximate surface area is 304 Å². The van der Waals surface area contributed by atoms with Crippen LogP contribution in [0.5, 0.6) is 0 Å². The molecule has 1 unspecified atom stereocenters. The lowest BCUT2D eigenvalue weighted by Crippen LogP contribution is -2.24. The Bertz CT molecular complexity index is 844. The lowest BCUT2D eigenvalue weighted by molar-refractivity contribution is -0.152. The molecule has 284 valence electrons. The number of carbonyl (C=O) groups is 2. The highest BCUT2D eigenvalue weighted by molar-refractivity contribution is 5.70. The van der Waals surface area contributed by atoms with Gasteiger partial charge in [0.1, 0.15) is 6.10 Å². The number of carbonyl (C=O) groups excluding carboxylic acids is 2. The molecule has 0 aromatic rings. The van der Waals surface area contributed by atoms with Gasteiger partial charge in [0, 0.05) is 19.4 Å². The van der Waals surface area contributed by atoms with Crippen LogP contribution in [-0.4, -0.2) is 50.2 Å². The summed E-state index contributed by atoms with van der Waals surface area (Å²) >= 11 is 0. The van der Waals surface area contributed by atoms with Crippen LogP contribution in [0, 0.1) is 0 Å². The zero-order valence-electron chi connectivity index (χ0n) is 32.8. The minimum Gasteiger partial charge on any atom is -0.466 e. The quantitative estimate of drug-likeness (QED) is 0.0373. The predicted octanol–water partition coefficient (Wildman–Crippen LogP) is 12.8. The van der Waals surface area contributed by atoms with E-state index in [1.165, 1.54) is 96.3 Å². The van der Waals surface area contributed by atoms with Gasteiger partial charge in [0.05, 0.1) is 13.0 Å². The van der Waals surface area contributed by atoms with Crippen LogP contribution in [0.25, 0.3) is 0 Å². The van der Waals surface area contributed by atoms with E-state index in [0.717, 1.165) is 57.8 Å². The smallest absolute Gasteiger partial charge is 0.307 e. The number of nitrogens with zero attached hydrogens (tertiary/aromatic N) is 1. The van der Waals surface area contributed by atoms with Gasteiger partial charge in [-0.15, -0.1) is 0 Å². The molecule has 0 aliphatic rings. The largest absolute Gasteiger partial charge is 0.466 e. The number of hydrogen-bond acceptors (Lipinski definition) is 5. The number of rotatable bonds is 36. The van der Waals surface area contributed by atoms with Crippen molar-refractivity contribution in [2.75, 3.05) is 27.2 Å². The third kappa shape index (κ3) is 38.5. The van der Waals surface area contributed by atoms with Gasteiger partial charge in [-0.05, 0) is 97.6 Å².